The van der Waals surface area contributed by atoms with Crippen molar-refractivity contribution in [2.75, 3.05) is 13.1 Å². The fourth-order valence-electron chi connectivity index (χ4n) is 3.90. The van der Waals surface area contributed by atoms with Crippen LogP contribution in [-0.4, -0.2) is 47.8 Å². The summed E-state index contributed by atoms with van der Waals surface area (Å²) >= 11 is 0. The summed E-state index contributed by atoms with van der Waals surface area (Å²) < 4.78 is 18.9. The minimum atomic E-state index is -0.472. The highest BCUT2D eigenvalue weighted by Gasteiger charge is 2.32. The van der Waals surface area contributed by atoms with E-state index in [1.165, 1.54) is 24.3 Å². The summed E-state index contributed by atoms with van der Waals surface area (Å²) in [5.74, 6) is -1.11. The topological polar surface area (TPSA) is 94.8 Å². The molecule has 2 heterocycles. The number of amidine groups is 1. The molecule has 1 N–H and O–H groups in total. The van der Waals surface area contributed by atoms with E-state index < -0.39 is 17.6 Å². The number of hydrogen-bond donors (Lipinski definition) is 1. The van der Waals surface area contributed by atoms with Crippen molar-refractivity contribution >= 4 is 23.3 Å². The molecule has 32 heavy (non-hydrogen) atoms. The van der Waals surface area contributed by atoms with Gasteiger partial charge < -0.3 is 15.0 Å². The Morgan fingerprint density at radius 3 is 2.34 bits per heavy atom. The van der Waals surface area contributed by atoms with Gasteiger partial charge in [-0.25, -0.2) is 9.38 Å². The lowest BCUT2D eigenvalue weighted by atomic mass is 10.0. The van der Waals surface area contributed by atoms with Crippen LogP contribution in [-0.2, 0) is 9.53 Å². The van der Waals surface area contributed by atoms with Crippen LogP contribution in [0.1, 0.15) is 35.3 Å². The number of fused-ring (bicyclic) bond motifs is 1. The summed E-state index contributed by atoms with van der Waals surface area (Å²) in [6, 6.07) is 14.2. The third-order valence-corrected chi connectivity index (χ3v) is 5.27. The van der Waals surface area contributed by atoms with Crippen LogP contribution in [0.25, 0.3) is 5.70 Å². The Bertz CT molecular complexity index is 1170. The maximum atomic E-state index is 13.2. The number of carbonyl (C=O) groups excluding carboxylic acids is 2. The molecule has 2 aromatic carbocycles. The summed E-state index contributed by atoms with van der Waals surface area (Å²) in [5, 5.41) is 12.6. The molecule has 2 amide bonds. The lowest BCUT2D eigenvalue weighted by molar-refractivity contribution is -0.138. The van der Waals surface area contributed by atoms with Crippen LogP contribution >= 0.6 is 0 Å². The van der Waals surface area contributed by atoms with Crippen molar-refractivity contribution in [1.29, 1.82) is 5.26 Å². The van der Waals surface area contributed by atoms with E-state index in [-0.39, 0.29) is 34.9 Å². The fourth-order valence-corrected chi connectivity index (χ4v) is 3.90. The van der Waals surface area contributed by atoms with Crippen molar-refractivity contribution in [1.82, 2.24) is 10.2 Å². The zero-order chi connectivity index (χ0) is 22.8. The Hall–Kier alpha value is -3.83. The van der Waals surface area contributed by atoms with Gasteiger partial charge in [-0.05, 0) is 38.1 Å². The molecule has 2 aliphatic rings. The quantitative estimate of drug-likeness (QED) is 0.583. The van der Waals surface area contributed by atoms with Gasteiger partial charge in [0.25, 0.3) is 11.8 Å². The van der Waals surface area contributed by atoms with Gasteiger partial charge in [0, 0.05) is 29.8 Å². The first-order valence-electron chi connectivity index (χ1n) is 10.2. The number of carbonyl (C=O) groups is 2. The number of aliphatic imine (C=N–C) groups is 1. The van der Waals surface area contributed by atoms with E-state index in [1.807, 2.05) is 19.9 Å². The number of morpholine rings is 1. The number of nitriles is 1. The van der Waals surface area contributed by atoms with Crippen molar-refractivity contribution in [3.05, 3.63) is 76.6 Å². The number of nitrogens with zero attached hydrogens (tertiary/aromatic N) is 3. The first-order valence-corrected chi connectivity index (χ1v) is 10.2. The molecule has 1 saturated heterocycles. The summed E-state index contributed by atoms with van der Waals surface area (Å²) in [6.45, 7) is 4.50. The van der Waals surface area contributed by atoms with Crippen molar-refractivity contribution in [2.24, 2.45) is 4.99 Å². The SMILES string of the molecule is C[C@@H]1CN(C(=O)/C(C#N)=C2\N=C(NC(=O)c3ccc(F)cc3)c3ccccc32)C[C@@H](C)O1. The Kier molecular flexibility index (Phi) is 5.84. The lowest BCUT2D eigenvalue weighted by Crippen LogP contribution is -2.48. The van der Waals surface area contributed by atoms with E-state index in [0.717, 1.165) is 0 Å². The molecule has 2 aromatic rings. The van der Waals surface area contributed by atoms with E-state index in [1.54, 1.807) is 29.2 Å². The van der Waals surface area contributed by atoms with E-state index in [9.17, 15) is 19.2 Å². The minimum Gasteiger partial charge on any atom is -0.372 e. The number of ether oxygens (including phenoxy) is 1. The zero-order valence-corrected chi connectivity index (χ0v) is 17.6. The molecule has 162 valence electrons. The van der Waals surface area contributed by atoms with Crippen LogP contribution in [0.2, 0.25) is 0 Å². The molecule has 7 nitrogen and oxygen atoms in total. The molecule has 0 aromatic heterocycles. The Balaban J connectivity index is 1.69. The molecule has 0 unspecified atom stereocenters. The standard InChI is InChI=1S/C24H21FN4O3/c1-14-12-29(13-15(2)32-14)24(31)20(11-26)21-18-5-3-4-6-19(18)22(27-21)28-23(30)16-7-9-17(25)10-8-16/h3-10,14-15H,12-13H2,1-2H3,(H,27,28,30)/b21-20-/t14-,15-/m1/s1. The van der Waals surface area contributed by atoms with Crippen molar-refractivity contribution in [3.8, 4) is 6.07 Å². The zero-order valence-electron chi connectivity index (χ0n) is 17.6. The second-order valence-corrected chi connectivity index (χ2v) is 7.77. The van der Waals surface area contributed by atoms with Gasteiger partial charge in [0.2, 0.25) is 0 Å². The maximum Gasteiger partial charge on any atom is 0.266 e. The van der Waals surface area contributed by atoms with E-state index in [0.29, 0.717) is 24.2 Å². The summed E-state index contributed by atoms with van der Waals surface area (Å²) in [7, 11) is 0. The van der Waals surface area contributed by atoms with Gasteiger partial charge in [-0.1, -0.05) is 24.3 Å². The molecular formula is C24H21FN4O3. The Morgan fingerprint density at radius 1 is 1.09 bits per heavy atom. The van der Waals surface area contributed by atoms with Gasteiger partial charge in [0.15, 0.2) is 0 Å². The number of rotatable bonds is 2. The Labute approximate surface area is 184 Å². The molecular weight excluding hydrogens is 411 g/mol. The number of amides is 2. The smallest absolute Gasteiger partial charge is 0.266 e. The molecule has 0 aliphatic carbocycles. The van der Waals surface area contributed by atoms with Gasteiger partial charge in [-0.3, -0.25) is 9.59 Å². The molecule has 4 rings (SSSR count). The highest BCUT2D eigenvalue weighted by molar-refractivity contribution is 6.20. The normalized spacial score (nSPS) is 21.3. The van der Waals surface area contributed by atoms with Gasteiger partial charge in [-0.15, -0.1) is 0 Å². The van der Waals surface area contributed by atoms with Crippen molar-refractivity contribution < 1.29 is 18.7 Å². The molecule has 8 heteroatoms. The first kappa shape index (κ1) is 21.4. The molecule has 2 aliphatic heterocycles. The van der Waals surface area contributed by atoms with Gasteiger partial charge in [0.1, 0.15) is 23.3 Å². The largest absolute Gasteiger partial charge is 0.372 e. The predicted octanol–water partition coefficient (Wildman–Crippen LogP) is 2.89. The second-order valence-electron chi connectivity index (χ2n) is 7.77. The summed E-state index contributed by atoms with van der Waals surface area (Å²) in [5.41, 5.74) is 1.57. The fraction of sp³-hybridized carbons (Fsp3) is 0.250. The third kappa shape index (κ3) is 4.15. The molecule has 1 fully saturated rings. The number of benzene rings is 2. The van der Waals surface area contributed by atoms with Crippen molar-refractivity contribution in [3.63, 3.8) is 0 Å². The Morgan fingerprint density at radius 2 is 1.72 bits per heavy atom. The van der Waals surface area contributed by atoms with Crippen molar-refractivity contribution in [2.45, 2.75) is 26.1 Å². The molecule has 2 atom stereocenters. The van der Waals surface area contributed by atoms with Crippen LogP contribution in [0.4, 0.5) is 4.39 Å². The van der Waals surface area contributed by atoms with Crippen LogP contribution in [0.3, 0.4) is 0 Å². The lowest BCUT2D eigenvalue weighted by Gasteiger charge is -2.35. The average Bonchev–Trinajstić information content (AvgIpc) is 3.12. The predicted molar refractivity (Wildman–Crippen MR) is 116 cm³/mol. The second kappa shape index (κ2) is 8.73. The molecule has 0 bridgehead atoms. The van der Waals surface area contributed by atoms with E-state index >= 15 is 0 Å². The van der Waals surface area contributed by atoms with E-state index in [2.05, 4.69) is 10.3 Å². The average molecular weight is 432 g/mol. The van der Waals surface area contributed by atoms with Crippen LogP contribution < -0.4 is 5.32 Å². The first-order chi connectivity index (χ1) is 15.4. The molecule has 0 spiro atoms. The van der Waals surface area contributed by atoms with Gasteiger partial charge in [-0.2, -0.15) is 5.26 Å². The van der Waals surface area contributed by atoms with Gasteiger partial charge >= 0.3 is 0 Å². The number of halogens is 1. The van der Waals surface area contributed by atoms with Crippen LogP contribution in [0, 0.1) is 17.1 Å². The third-order valence-electron chi connectivity index (χ3n) is 5.27. The minimum absolute atomic E-state index is 0.0928. The molecule has 0 radical (unpaired) electrons. The highest BCUT2D eigenvalue weighted by atomic mass is 19.1. The summed E-state index contributed by atoms with van der Waals surface area (Å²) in [6.07, 6.45) is -0.282. The maximum absolute atomic E-state index is 13.2. The van der Waals surface area contributed by atoms with Crippen LogP contribution in [0.15, 0.2) is 59.1 Å². The number of nitrogens with one attached hydrogen (secondary N) is 1. The summed E-state index contributed by atoms with van der Waals surface area (Å²) in [4.78, 5) is 31.9. The van der Waals surface area contributed by atoms with E-state index in [4.69, 9.17) is 4.74 Å². The monoisotopic (exact) mass is 432 g/mol. The van der Waals surface area contributed by atoms with Gasteiger partial charge in [0.05, 0.1) is 17.9 Å². The number of hydrogen-bond acceptors (Lipinski definition) is 5. The highest BCUT2D eigenvalue weighted by Crippen LogP contribution is 2.31. The van der Waals surface area contributed by atoms with Crippen LogP contribution in [0.5, 0.6) is 0 Å². The molecule has 0 saturated carbocycles.